The first-order chi connectivity index (χ1) is 6.75. The van der Waals surface area contributed by atoms with Gasteiger partial charge < -0.3 is 11.1 Å². The zero-order valence-electron chi connectivity index (χ0n) is 8.48. The van der Waals surface area contributed by atoms with Gasteiger partial charge in [-0.05, 0) is 37.5 Å². The number of pyridine rings is 1. The molecule has 0 unspecified atom stereocenters. The van der Waals surface area contributed by atoms with E-state index in [2.05, 4.69) is 29.4 Å². The Hall–Kier alpha value is -0.930. The predicted molar refractivity (Wildman–Crippen MR) is 56.8 cm³/mol. The van der Waals surface area contributed by atoms with Gasteiger partial charge in [0.15, 0.2) is 0 Å². The Kier molecular flexibility index (Phi) is 2.79. The van der Waals surface area contributed by atoms with Crippen LogP contribution in [0.15, 0.2) is 24.5 Å². The summed E-state index contributed by atoms with van der Waals surface area (Å²) in [6, 6.07) is 5.35. The van der Waals surface area contributed by atoms with Crippen molar-refractivity contribution in [3.8, 4) is 0 Å². The molecule has 3 N–H and O–H groups in total. The normalized spacial score (nSPS) is 32.9. The average Bonchev–Trinajstić information content (AvgIpc) is 2.18. The lowest BCUT2D eigenvalue weighted by Gasteiger charge is -2.33. The van der Waals surface area contributed by atoms with E-state index < -0.39 is 0 Å². The van der Waals surface area contributed by atoms with Crippen molar-refractivity contribution in [2.45, 2.75) is 37.9 Å². The SMILES string of the molecule is C[C@H]1C[C@@H](N)C[C@@H](c2ccncc2)N1. The fraction of sp³-hybridized carbons (Fsp3) is 0.545. The van der Waals surface area contributed by atoms with Gasteiger partial charge in [0.05, 0.1) is 0 Å². The summed E-state index contributed by atoms with van der Waals surface area (Å²) in [4.78, 5) is 4.02. The number of aromatic nitrogens is 1. The van der Waals surface area contributed by atoms with Gasteiger partial charge in [-0.3, -0.25) is 4.98 Å². The monoisotopic (exact) mass is 191 g/mol. The lowest BCUT2D eigenvalue weighted by molar-refractivity contribution is 0.307. The fourth-order valence-electron chi connectivity index (χ4n) is 2.16. The second-order valence-corrected chi connectivity index (χ2v) is 4.13. The molecule has 0 radical (unpaired) electrons. The van der Waals surface area contributed by atoms with E-state index in [9.17, 15) is 0 Å². The number of hydrogen-bond donors (Lipinski definition) is 2. The van der Waals surface area contributed by atoms with Gasteiger partial charge in [-0.2, -0.15) is 0 Å². The Labute approximate surface area is 84.7 Å². The first-order valence-corrected chi connectivity index (χ1v) is 5.17. The highest BCUT2D eigenvalue weighted by Crippen LogP contribution is 2.24. The summed E-state index contributed by atoms with van der Waals surface area (Å²) >= 11 is 0. The summed E-state index contributed by atoms with van der Waals surface area (Å²) < 4.78 is 0. The molecule has 1 aromatic heterocycles. The van der Waals surface area contributed by atoms with E-state index in [0.717, 1.165) is 12.8 Å². The highest BCUT2D eigenvalue weighted by atomic mass is 15.0. The van der Waals surface area contributed by atoms with Gasteiger partial charge >= 0.3 is 0 Å². The van der Waals surface area contributed by atoms with Crippen molar-refractivity contribution in [2.24, 2.45) is 5.73 Å². The zero-order valence-corrected chi connectivity index (χ0v) is 8.48. The van der Waals surface area contributed by atoms with Crippen LogP contribution in [0, 0.1) is 0 Å². The summed E-state index contributed by atoms with van der Waals surface area (Å²) in [5.41, 5.74) is 7.29. The Morgan fingerprint density at radius 3 is 2.71 bits per heavy atom. The van der Waals surface area contributed by atoms with E-state index in [-0.39, 0.29) is 0 Å². The molecular formula is C11H17N3. The molecule has 3 nitrogen and oxygen atoms in total. The van der Waals surface area contributed by atoms with Crippen LogP contribution >= 0.6 is 0 Å². The highest BCUT2D eigenvalue weighted by molar-refractivity contribution is 5.16. The molecule has 1 aliphatic heterocycles. The van der Waals surface area contributed by atoms with Crippen LogP contribution in [0.1, 0.15) is 31.4 Å². The Morgan fingerprint density at radius 2 is 2.07 bits per heavy atom. The molecule has 2 rings (SSSR count). The van der Waals surface area contributed by atoms with Crippen molar-refractivity contribution >= 4 is 0 Å². The summed E-state index contributed by atoms with van der Waals surface area (Å²) in [5, 5.41) is 3.56. The Balaban J connectivity index is 2.11. The molecule has 1 aliphatic rings. The third kappa shape index (κ3) is 2.11. The molecule has 0 saturated carbocycles. The Bertz CT molecular complexity index is 276. The van der Waals surface area contributed by atoms with E-state index in [1.165, 1.54) is 5.56 Å². The third-order valence-electron chi connectivity index (χ3n) is 2.79. The van der Waals surface area contributed by atoms with E-state index in [0.29, 0.717) is 18.1 Å². The van der Waals surface area contributed by atoms with Crippen molar-refractivity contribution in [1.29, 1.82) is 0 Å². The quantitative estimate of drug-likeness (QED) is 0.701. The van der Waals surface area contributed by atoms with Crippen molar-refractivity contribution in [2.75, 3.05) is 0 Å². The van der Waals surface area contributed by atoms with Crippen LogP contribution in [-0.4, -0.2) is 17.1 Å². The minimum absolute atomic E-state index is 0.324. The molecule has 0 amide bonds. The van der Waals surface area contributed by atoms with Gasteiger partial charge in [-0.15, -0.1) is 0 Å². The predicted octanol–water partition coefficient (Wildman–Crippen LogP) is 1.22. The number of piperidine rings is 1. The summed E-state index contributed by atoms with van der Waals surface area (Å²) in [6.07, 6.45) is 5.76. The molecule has 0 aromatic carbocycles. The van der Waals surface area contributed by atoms with E-state index >= 15 is 0 Å². The molecule has 1 fully saturated rings. The molecule has 3 atom stereocenters. The number of hydrogen-bond acceptors (Lipinski definition) is 3. The minimum atomic E-state index is 0.324. The topological polar surface area (TPSA) is 50.9 Å². The van der Waals surface area contributed by atoms with Crippen LogP contribution < -0.4 is 11.1 Å². The molecular weight excluding hydrogens is 174 g/mol. The highest BCUT2D eigenvalue weighted by Gasteiger charge is 2.24. The second-order valence-electron chi connectivity index (χ2n) is 4.13. The molecule has 0 spiro atoms. The van der Waals surface area contributed by atoms with Crippen molar-refractivity contribution in [3.63, 3.8) is 0 Å². The Morgan fingerprint density at radius 1 is 1.36 bits per heavy atom. The lowest BCUT2D eigenvalue weighted by atomic mass is 9.91. The fourth-order valence-corrected chi connectivity index (χ4v) is 2.16. The standard InChI is InChI=1S/C11H17N3/c1-8-6-10(12)7-11(14-8)9-2-4-13-5-3-9/h2-5,8,10-11,14H,6-7,12H2,1H3/t8-,10+,11-/m0/s1. The van der Waals surface area contributed by atoms with Gasteiger partial charge in [0.2, 0.25) is 0 Å². The van der Waals surface area contributed by atoms with Crippen molar-refractivity contribution < 1.29 is 0 Å². The zero-order chi connectivity index (χ0) is 9.97. The maximum atomic E-state index is 6.00. The van der Waals surface area contributed by atoms with Crippen molar-refractivity contribution in [3.05, 3.63) is 30.1 Å². The van der Waals surface area contributed by atoms with Gasteiger partial charge in [-0.1, -0.05) is 0 Å². The lowest BCUT2D eigenvalue weighted by Crippen LogP contribution is -2.44. The summed E-state index contributed by atoms with van der Waals surface area (Å²) in [6.45, 7) is 2.19. The van der Waals surface area contributed by atoms with Crippen LogP contribution in [0.2, 0.25) is 0 Å². The van der Waals surface area contributed by atoms with Crippen molar-refractivity contribution in [1.82, 2.24) is 10.3 Å². The molecule has 1 aromatic rings. The molecule has 3 heteroatoms. The van der Waals surface area contributed by atoms with Gasteiger partial charge in [-0.25, -0.2) is 0 Å². The van der Waals surface area contributed by atoms with E-state index in [1.807, 2.05) is 12.4 Å². The maximum Gasteiger partial charge on any atom is 0.0338 e. The first kappa shape index (κ1) is 9.62. The second kappa shape index (κ2) is 4.07. The largest absolute Gasteiger partial charge is 0.328 e. The number of rotatable bonds is 1. The third-order valence-corrected chi connectivity index (χ3v) is 2.79. The number of nitrogens with two attached hydrogens (primary N) is 1. The summed E-state index contributed by atoms with van der Waals surface area (Å²) in [5.74, 6) is 0. The average molecular weight is 191 g/mol. The molecule has 76 valence electrons. The van der Waals surface area contributed by atoms with Crippen LogP contribution in [0.5, 0.6) is 0 Å². The van der Waals surface area contributed by atoms with E-state index in [1.54, 1.807) is 0 Å². The van der Waals surface area contributed by atoms with E-state index in [4.69, 9.17) is 5.73 Å². The van der Waals surface area contributed by atoms with Crippen LogP contribution in [0.25, 0.3) is 0 Å². The van der Waals surface area contributed by atoms with Gasteiger partial charge in [0, 0.05) is 30.5 Å². The maximum absolute atomic E-state index is 6.00. The van der Waals surface area contributed by atoms with Crippen LogP contribution in [0.3, 0.4) is 0 Å². The van der Waals surface area contributed by atoms with Crippen LogP contribution in [0.4, 0.5) is 0 Å². The van der Waals surface area contributed by atoms with Crippen LogP contribution in [-0.2, 0) is 0 Å². The molecule has 0 bridgehead atoms. The smallest absolute Gasteiger partial charge is 0.0338 e. The number of nitrogens with zero attached hydrogens (tertiary/aromatic N) is 1. The summed E-state index contributed by atoms with van der Waals surface area (Å²) in [7, 11) is 0. The van der Waals surface area contributed by atoms with Gasteiger partial charge in [0.1, 0.15) is 0 Å². The molecule has 2 heterocycles. The molecule has 0 aliphatic carbocycles. The molecule has 1 saturated heterocycles. The van der Waals surface area contributed by atoms with Gasteiger partial charge in [0.25, 0.3) is 0 Å². The number of nitrogens with one attached hydrogen (secondary N) is 1. The first-order valence-electron chi connectivity index (χ1n) is 5.17. The minimum Gasteiger partial charge on any atom is -0.328 e. The molecule has 14 heavy (non-hydrogen) atoms.